The molecule has 0 unspecified atom stereocenters. The molecule has 0 amide bonds. The van der Waals surface area contributed by atoms with Crippen LogP contribution in [0.3, 0.4) is 0 Å². The molecule has 4 heterocycles. The van der Waals surface area contributed by atoms with Crippen molar-refractivity contribution in [3.8, 4) is 28.5 Å². The molecule has 3 aliphatic rings. The van der Waals surface area contributed by atoms with Gasteiger partial charge in [-0.1, -0.05) is 133 Å². The molecule has 2 bridgehead atoms. The molecule has 5 nitrogen and oxygen atoms in total. The smallest absolute Gasteiger partial charge is 0.162 e. The van der Waals surface area contributed by atoms with Crippen LogP contribution in [-0.2, 0) is 0 Å². The van der Waals surface area contributed by atoms with E-state index >= 15 is 0 Å². The number of nitrogens with zero attached hydrogens (tertiary/aromatic N) is 3. The van der Waals surface area contributed by atoms with Crippen LogP contribution in [0.2, 0.25) is 0 Å². The molecule has 0 radical (unpaired) electrons. The largest absolute Gasteiger partial charge is 0.456 e. The third kappa shape index (κ3) is 4.13. The van der Waals surface area contributed by atoms with Gasteiger partial charge in [0.2, 0.25) is 0 Å². The van der Waals surface area contributed by atoms with Crippen molar-refractivity contribution < 1.29 is 8.83 Å². The van der Waals surface area contributed by atoms with Crippen molar-refractivity contribution in [2.45, 2.75) is 11.8 Å². The predicted molar refractivity (Wildman–Crippen MR) is 237 cm³/mol. The summed E-state index contributed by atoms with van der Waals surface area (Å²) in [5.41, 5.74) is 16.7. The average Bonchev–Trinajstić information content (AvgIpc) is 3.98. The Morgan fingerprint density at radius 1 is 0.390 bits per heavy atom. The Balaban J connectivity index is 1.10. The number of fused-ring (bicyclic) bond motifs is 9. The summed E-state index contributed by atoms with van der Waals surface area (Å²) in [6, 6.07) is 62.7. The SMILES string of the molecule is c1ccc2c(c1)C1c3ccccc3C2c2c1ccc1c2c2ccccc2n1-c1cc(-c2cccc3oc4ccccc4c23)nc(-c2cccc3oc4ccccc4c23)n1. The average molecular weight is 754 g/mol. The number of furan rings is 2. The molecule has 0 N–H and O–H groups in total. The number of benzene rings is 8. The second-order valence-corrected chi connectivity index (χ2v) is 15.9. The topological polar surface area (TPSA) is 57.0 Å². The van der Waals surface area contributed by atoms with E-state index in [0.717, 1.165) is 77.5 Å². The first-order chi connectivity index (χ1) is 29.3. The Hall–Kier alpha value is -7.76. The molecule has 8 aromatic carbocycles. The first kappa shape index (κ1) is 31.3. The first-order valence-corrected chi connectivity index (χ1v) is 20.2. The van der Waals surface area contributed by atoms with Gasteiger partial charge in [0.05, 0.1) is 16.7 Å². The van der Waals surface area contributed by atoms with Crippen LogP contribution in [0.25, 0.3) is 94.1 Å². The fourth-order valence-electron chi connectivity index (χ4n) is 10.7. The van der Waals surface area contributed by atoms with Crippen molar-refractivity contribution in [3.63, 3.8) is 0 Å². The van der Waals surface area contributed by atoms with Gasteiger partial charge in [-0.25, -0.2) is 9.97 Å². The lowest BCUT2D eigenvalue weighted by molar-refractivity contribution is 0.668. The van der Waals surface area contributed by atoms with Crippen molar-refractivity contribution in [2.24, 2.45) is 0 Å². The van der Waals surface area contributed by atoms with E-state index in [-0.39, 0.29) is 11.8 Å². The zero-order valence-corrected chi connectivity index (χ0v) is 31.6. The van der Waals surface area contributed by atoms with E-state index in [4.69, 9.17) is 18.8 Å². The zero-order valence-electron chi connectivity index (χ0n) is 31.6. The van der Waals surface area contributed by atoms with Gasteiger partial charge in [-0.3, -0.25) is 4.57 Å². The lowest BCUT2D eigenvalue weighted by Gasteiger charge is -2.42. The van der Waals surface area contributed by atoms with Gasteiger partial charge in [0.25, 0.3) is 0 Å². The molecule has 0 spiro atoms. The monoisotopic (exact) mass is 753 g/mol. The van der Waals surface area contributed by atoms with Crippen molar-refractivity contribution in [1.82, 2.24) is 14.5 Å². The lowest BCUT2D eigenvalue weighted by atomic mass is 9.60. The van der Waals surface area contributed by atoms with Crippen LogP contribution in [0.15, 0.2) is 185 Å². The summed E-state index contributed by atoms with van der Waals surface area (Å²) in [6.45, 7) is 0. The van der Waals surface area contributed by atoms with Gasteiger partial charge in [-0.05, 0) is 69.8 Å². The highest BCUT2D eigenvalue weighted by Gasteiger charge is 2.42. The second kappa shape index (κ2) is 11.4. The maximum absolute atomic E-state index is 6.41. The number of aromatic nitrogens is 3. The van der Waals surface area contributed by atoms with E-state index in [9.17, 15) is 0 Å². The van der Waals surface area contributed by atoms with Gasteiger partial charge in [-0.2, -0.15) is 0 Å². The number of hydrogen-bond donors (Lipinski definition) is 0. The maximum atomic E-state index is 6.41. The van der Waals surface area contributed by atoms with Crippen LogP contribution in [0.4, 0.5) is 0 Å². The molecule has 0 atom stereocenters. The quantitative estimate of drug-likeness (QED) is 0.180. The van der Waals surface area contributed by atoms with E-state index in [1.54, 1.807) is 0 Å². The van der Waals surface area contributed by atoms with Crippen LogP contribution in [-0.4, -0.2) is 14.5 Å². The van der Waals surface area contributed by atoms with Gasteiger partial charge in [0, 0.05) is 61.3 Å². The Kier molecular flexibility index (Phi) is 6.07. The molecule has 0 fully saturated rings. The fraction of sp³-hybridized carbons (Fsp3) is 0.0370. The van der Waals surface area contributed by atoms with E-state index in [1.807, 2.05) is 42.5 Å². The fourth-order valence-corrected chi connectivity index (χ4v) is 10.7. The summed E-state index contributed by atoms with van der Waals surface area (Å²) in [5.74, 6) is 1.74. The molecule has 3 aliphatic carbocycles. The van der Waals surface area contributed by atoms with Gasteiger partial charge in [-0.15, -0.1) is 0 Å². The van der Waals surface area contributed by atoms with Crippen molar-refractivity contribution in [3.05, 3.63) is 209 Å². The number of para-hydroxylation sites is 3. The molecule has 0 saturated heterocycles. The molecule has 0 saturated carbocycles. The van der Waals surface area contributed by atoms with E-state index < -0.39 is 0 Å². The normalized spacial score (nSPS) is 15.5. The van der Waals surface area contributed by atoms with E-state index in [2.05, 4.69) is 138 Å². The van der Waals surface area contributed by atoms with Crippen molar-refractivity contribution in [1.29, 1.82) is 0 Å². The predicted octanol–water partition coefficient (Wildman–Crippen LogP) is 13.7. The third-order valence-electron chi connectivity index (χ3n) is 13.0. The number of rotatable bonds is 3. The minimum Gasteiger partial charge on any atom is -0.456 e. The number of hydrogen-bond acceptors (Lipinski definition) is 4. The van der Waals surface area contributed by atoms with Crippen LogP contribution in [0.1, 0.15) is 45.2 Å². The molecule has 12 aromatic rings. The van der Waals surface area contributed by atoms with Crippen LogP contribution < -0.4 is 0 Å². The zero-order chi connectivity index (χ0) is 38.3. The van der Waals surface area contributed by atoms with Gasteiger partial charge in [0.15, 0.2) is 5.82 Å². The molecule has 5 heteroatoms. The summed E-state index contributed by atoms with van der Waals surface area (Å²) in [4.78, 5) is 11.0. The molecule has 274 valence electrons. The summed E-state index contributed by atoms with van der Waals surface area (Å²) in [7, 11) is 0. The second-order valence-electron chi connectivity index (χ2n) is 15.9. The summed E-state index contributed by atoms with van der Waals surface area (Å²) >= 11 is 0. The van der Waals surface area contributed by atoms with Crippen molar-refractivity contribution >= 4 is 65.7 Å². The summed E-state index contributed by atoms with van der Waals surface area (Å²) < 4.78 is 15.2. The Bertz CT molecular complexity index is 3590. The standard InChI is InChI=1S/C54H31N3O2/c1-3-15-32-30(13-1)48-31-14-2-4-16-33(31)51(32)53-38(48)27-28-42-52(53)35-17-5-8-22-41(35)57(42)47-29-40(34-20-11-25-45-49(34)36-18-6-9-23-43(36)58-45)55-54(56-47)39-21-12-26-46-50(39)37-19-7-10-24-44(37)59-46/h1-29,48,51H. The van der Waals surface area contributed by atoms with Crippen LogP contribution in [0, 0.1) is 0 Å². The lowest BCUT2D eigenvalue weighted by Crippen LogP contribution is -2.27. The Morgan fingerprint density at radius 3 is 1.61 bits per heavy atom. The molecular formula is C54H31N3O2. The van der Waals surface area contributed by atoms with Gasteiger partial charge < -0.3 is 8.83 Å². The van der Waals surface area contributed by atoms with Crippen LogP contribution in [0.5, 0.6) is 0 Å². The highest BCUT2D eigenvalue weighted by Crippen LogP contribution is 2.58. The van der Waals surface area contributed by atoms with Crippen molar-refractivity contribution in [2.75, 3.05) is 0 Å². The molecule has 0 aliphatic heterocycles. The molecule has 59 heavy (non-hydrogen) atoms. The highest BCUT2D eigenvalue weighted by atomic mass is 16.3. The Labute approximate surface area is 337 Å². The maximum Gasteiger partial charge on any atom is 0.162 e. The minimum atomic E-state index is 0.126. The van der Waals surface area contributed by atoms with E-state index in [0.29, 0.717) is 5.82 Å². The minimum absolute atomic E-state index is 0.126. The summed E-state index contributed by atoms with van der Waals surface area (Å²) in [5, 5.41) is 6.63. The van der Waals surface area contributed by atoms with Crippen LogP contribution >= 0.6 is 0 Å². The highest BCUT2D eigenvalue weighted by molar-refractivity contribution is 6.15. The third-order valence-corrected chi connectivity index (χ3v) is 13.0. The molecular weight excluding hydrogens is 723 g/mol. The summed E-state index contributed by atoms with van der Waals surface area (Å²) in [6.07, 6.45) is 0. The molecule has 15 rings (SSSR count). The first-order valence-electron chi connectivity index (χ1n) is 20.2. The Morgan fingerprint density at radius 2 is 0.932 bits per heavy atom. The van der Waals surface area contributed by atoms with Gasteiger partial charge >= 0.3 is 0 Å². The van der Waals surface area contributed by atoms with E-state index in [1.165, 1.54) is 44.2 Å². The molecule has 4 aromatic heterocycles. The van der Waals surface area contributed by atoms with Gasteiger partial charge in [0.1, 0.15) is 28.1 Å².